The number of hydrazone groups is 1. The highest BCUT2D eigenvalue weighted by atomic mass is 16.5. The number of aromatic nitrogens is 4. The van der Waals surface area contributed by atoms with E-state index >= 15 is 0 Å². The van der Waals surface area contributed by atoms with Gasteiger partial charge in [0.15, 0.2) is 11.2 Å². The molecule has 0 amide bonds. The molecule has 10 heteroatoms. The molecule has 152 valence electrons. The second-order valence-electron chi connectivity index (χ2n) is 6.99. The summed E-state index contributed by atoms with van der Waals surface area (Å²) in [5.41, 5.74) is 1.81. The van der Waals surface area contributed by atoms with E-state index in [1.165, 1.54) is 11.6 Å². The zero-order chi connectivity index (χ0) is 20.7. The van der Waals surface area contributed by atoms with E-state index in [0.29, 0.717) is 36.7 Å². The van der Waals surface area contributed by atoms with Crippen LogP contribution < -0.4 is 26.3 Å². The zero-order valence-electron chi connectivity index (χ0n) is 16.8. The molecule has 1 aliphatic heterocycles. The molecular formula is C19H23N7O3. The van der Waals surface area contributed by atoms with Gasteiger partial charge in [0.1, 0.15) is 5.75 Å². The fourth-order valence-electron chi connectivity index (χ4n) is 3.48. The van der Waals surface area contributed by atoms with Gasteiger partial charge in [0.25, 0.3) is 5.56 Å². The van der Waals surface area contributed by atoms with Crippen molar-refractivity contribution in [3.63, 3.8) is 0 Å². The number of imidazole rings is 1. The highest BCUT2D eigenvalue weighted by Gasteiger charge is 2.25. The van der Waals surface area contributed by atoms with Crippen LogP contribution in [0.3, 0.4) is 0 Å². The van der Waals surface area contributed by atoms with Gasteiger partial charge in [-0.2, -0.15) is 10.1 Å². The third kappa shape index (κ3) is 3.16. The summed E-state index contributed by atoms with van der Waals surface area (Å²) in [6.07, 6.45) is 0. The van der Waals surface area contributed by atoms with Gasteiger partial charge in [0, 0.05) is 32.4 Å². The van der Waals surface area contributed by atoms with Crippen molar-refractivity contribution in [1.82, 2.24) is 18.7 Å². The third-order valence-corrected chi connectivity index (χ3v) is 4.96. The average molecular weight is 397 g/mol. The maximum absolute atomic E-state index is 12.7. The quantitative estimate of drug-likeness (QED) is 0.682. The van der Waals surface area contributed by atoms with Gasteiger partial charge in [-0.15, -0.1) is 0 Å². The lowest BCUT2D eigenvalue weighted by Crippen LogP contribution is -2.38. The molecule has 3 heterocycles. The van der Waals surface area contributed by atoms with Crippen molar-refractivity contribution in [1.29, 1.82) is 0 Å². The molecule has 1 aromatic carbocycles. The molecule has 2 aromatic heterocycles. The van der Waals surface area contributed by atoms with E-state index in [-0.39, 0.29) is 5.56 Å². The number of fused-ring (bicyclic) bond motifs is 3. The number of hydrogen-bond donors (Lipinski definition) is 1. The number of nitrogens with one attached hydrogen (secondary N) is 1. The molecule has 0 bridgehead atoms. The van der Waals surface area contributed by atoms with Crippen LogP contribution in [-0.4, -0.2) is 44.6 Å². The molecule has 1 N–H and O–H groups in total. The van der Waals surface area contributed by atoms with Crippen LogP contribution in [-0.2, 0) is 20.6 Å². The Morgan fingerprint density at radius 3 is 2.76 bits per heavy atom. The molecular weight excluding hydrogens is 374 g/mol. The summed E-state index contributed by atoms with van der Waals surface area (Å²) in [5, 5.41) is 9.69. The van der Waals surface area contributed by atoms with E-state index in [1.54, 1.807) is 19.2 Å². The molecule has 0 saturated heterocycles. The van der Waals surface area contributed by atoms with Gasteiger partial charge in [0.2, 0.25) is 5.95 Å². The summed E-state index contributed by atoms with van der Waals surface area (Å²) in [5.74, 6) is 1.33. The van der Waals surface area contributed by atoms with E-state index in [1.807, 2.05) is 35.8 Å². The topological polar surface area (TPSA) is 98.7 Å². The van der Waals surface area contributed by atoms with Crippen molar-refractivity contribution in [2.75, 3.05) is 30.5 Å². The molecule has 0 atom stereocenters. The second-order valence-corrected chi connectivity index (χ2v) is 6.99. The van der Waals surface area contributed by atoms with Crippen molar-refractivity contribution in [3.05, 3.63) is 45.1 Å². The van der Waals surface area contributed by atoms with Crippen molar-refractivity contribution in [2.24, 2.45) is 19.2 Å². The van der Waals surface area contributed by atoms with Crippen LogP contribution in [0.25, 0.3) is 11.2 Å². The van der Waals surface area contributed by atoms with Crippen LogP contribution in [0.5, 0.6) is 5.75 Å². The Morgan fingerprint density at radius 2 is 2.00 bits per heavy atom. The summed E-state index contributed by atoms with van der Waals surface area (Å²) < 4.78 is 9.56. The lowest BCUT2D eigenvalue weighted by Gasteiger charge is -2.25. The van der Waals surface area contributed by atoms with Gasteiger partial charge < -0.3 is 10.1 Å². The Labute approximate surface area is 166 Å². The molecule has 0 radical (unpaired) electrons. The Bertz CT molecular complexity index is 1240. The standard InChI is InChI=1S/C19H23N7O3/c1-12-11-25-15-16(23(2)19(28)24(3)17(15)27)21-18(25)26(22-12)9-8-20-13-6-5-7-14(10-13)29-4/h5-7,10,20H,8-9,11H2,1-4H3. The number of ether oxygens (including phenoxy) is 1. The zero-order valence-corrected chi connectivity index (χ0v) is 16.8. The van der Waals surface area contributed by atoms with E-state index in [2.05, 4.69) is 15.4 Å². The Morgan fingerprint density at radius 1 is 1.21 bits per heavy atom. The van der Waals surface area contributed by atoms with Crippen LogP contribution in [0.1, 0.15) is 6.92 Å². The maximum atomic E-state index is 12.7. The van der Waals surface area contributed by atoms with E-state index in [0.717, 1.165) is 21.7 Å². The summed E-state index contributed by atoms with van der Waals surface area (Å²) >= 11 is 0. The molecule has 4 rings (SSSR count). The smallest absolute Gasteiger partial charge is 0.332 e. The van der Waals surface area contributed by atoms with Gasteiger partial charge in [-0.3, -0.25) is 18.5 Å². The van der Waals surface area contributed by atoms with Crippen LogP contribution in [0, 0.1) is 0 Å². The fraction of sp³-hybridized carbons (Fsp3) is 0.368. The molecule has 0 saturated carbocycles. The lowest BCUT2D eigenvalue weighted by atomic mass is 10.3. The Balaban J connectivity index is 1.65. The highest BCUT2D eigenvalue weighted by molar-refractivity contribution is 5.87. The van der Waals surface area contributed by atoms with Gasteiger partial charge in [0.05, 0.1) is 25.9 Å². The minimum atomic E-state index is -0.401. The van der Waals surface area contributed by atoms with E-state index in [9.17, 15) is 9.59 Å². The summed E-state index contributed by atoms with van der Waals surface area (Å²) in [6, 6.07) is 7.68. The number of rotatable bonds is 5. The second kappa shape index (κ2) is 7.12. The number of methoxy groups -OCH3 is 1. The SMILES string of the molecule is COc1cccc(NCCN2N=C(C)Cn3c2nc2c3c(=O)n(C)c(=O)n2C)c1. The molecule has 10 nitrogen and oxygen atoms in total. The highest BCUT2D eigenvalue weighted by Crippen LogP contribution is 2.23. The molecule has 0 unspecified atom stereocenters. The Hall–Kier alpha value is -3.56. The lowest BCUT2D eigenvalue weighted by molar-refractivity contribution is 0.415. The van der Waals surface area contributed by atoms with Crippen LogP contribution in [0.4, 0.5) is 11.6 Å². The van der Waals surface area contributed by atoms with Gasteiger partial charge in [-0.25, -0.2) is 9.80 Å². The summed E-state index contributed by atoms with van der Waals surface area (Å²) in [4.78, 5) is 29.5. The molecule has 1 aliphatic rings. The predicted molar refractivity (Wildman–Crippen MR) is 112 cm³/mol. The van der Waals surface area contributed by atoms with E-state index in [4.69, 9.17) is 4.74 Å². The molecule has 29 heavy (non-hydrogen) atoms. The van der Waals surface area contributed by atoms with Gasteiger partial charge in [-0.1, -0.05) is 6.07 Å². The number of anilines is 2. The van der Waals surface area contributed by atoms with Crippen molar-refractivity contribution in [3.8, 4) is 5.75 Å². The van der Waals surface area contributed by atoms with Crippen LogP contribution >= 0.6 is 0 Å². The molecule has 0 spiro atoms. The van der Waals surface area contributed by atoms with E-state index < -0.39 is 5.69 Å². The van der Waals surface area contributed by atoms with Crippen molar-refractivity contribution < 1.29 is 4.74 Å². The minimum absolute atomic E-state index is 0.356. The van der Waals surface area contributed by atoms with Crippen LogP contribution in [0.15, 0.2) is 39.0 Å². The number of hydrogen-bond acceptors (Lipinski definition) is 7. The number of aryl methyl sites for hydroxylation is 1. The predicted octanol–water partition coefficient (Wildman–Crippen LogP) is 0.750. The Kier molecular flexibility index (Phi) is 4.61. The molecule has 3 aromatic rings. The first kappa shape index (κ1) is 18.8. The third-order valence-electron chi connectivity index (χ3n) is 4.96. The average Bonchev–Trinajstić information content (AvgIpc) is 3.10. The summed E-state index contributed by atoms with van der Waals surface area (Å²) in [6.45, 7) is 3.50. The fourth-order valence-corrected chi connectivity index (χ4v) is 3.48. The summed E-state index contributed by atoms with van der Waals surface area (Å²) in [7, 11) is 4.72. The number of nitrogens with zero attached hydrogens (tertiary/aromatic N) is 6. The minimum Gasteiger partial charge on any atom is -0.497 e. The first-order valence-corrected chi connectivity index (χ1v) is 9.26. The first-order chi connectivity index (χ1) is 13.9. The monoisotopic (exact) mass is 397 g/mol. The maximum Gasteiger partial charge on any atom is 0.332 e. The first-order valence-electron chi connectivity index (χ1n) is 9.26. The van der Waals surface area contributed by atoms with Gasteiger partial charge >= 0.3 is 5.69 Å². The normalized spacial score (nSPS) is 13.4. The van der Waals surface area contributed by atoms with Gasteiger partial charge in [-0.05, 0) is 19.1 Å². The largest absolute Gasteiger partial charge is 0.497 e. The molecule has 0 aliphatic carbocycles. The van der Waals surface area contributed by atoms with Crippen molar-refractivity contribution >= 4 is 28.5 Å². The molecule has 0 fully saturated rings. The van der Waals surface area contributed by atoms with Crippen LogP contribution in [0.2, 0.25) is 0 Å². The van der Waals surface area contributed by atoms with Crippen molar-refractivity contribution in [2.45, 2.75) is 13.5 Å². The number of benzene rings is 1.